The third kappa shape index (κ3) is 1.87. The van der Waals surface area contributed by atoms with E-state index in [4.69, 9.17) is 11.6 Å². The van der Waals surface area contributed by atoms with Gasteiger partial charge in [0.1, 0.15) is 5.69 Å². The standard InChI is InChI=1S/C14H12ClN3/c1-8-5-9(2)13-12(6-8)17-14(18-13)11-4-3-10(15)7-16-11/h3-7H,1-2H3,(H,17,18). The largest absolute Gasteiger partial charge is 0.337 e. The minimum atomic E-state index is 0.627. The average Bonchev–Trinajstić information content (AvgIpc) is 2.74. The molecule has 0 saturated carbocycles. The van der Waals surface area contributed by atoms with Gasteiger partial charge in [-0.15, -0.1) is 0 Å². The Hall–Kier alpha value is -1.87. The van der Waals surface area contributed by atoms with Crippen LogP contribution in [0.25, 0.3) is 22.6 Å². The molecule has 0 atom stereocenters. The maximum Gasteiger partial charge on any atom is 0.157 e. The summed E-state index contributed by atoms with van der Waals surface area (Å²) in [5.41, 5.74) is 5.22. The molecular formula is C14H12ClN3. The summed E-state index contributed by atoms with van der Waals surface area (Å²) < 4.78 is 0. The molecule has 3 aromatic rings. The number of H-pyrrole nitrogens is 1. The van der Waals surface area contributed by atoms with Crippen molar-refractivity contribution in [1.82, 2.24) is 15.0 Å². The van der Waals surface area contributed by atoms with Gasteiger partial charge in [-0.1, -0.05) is 17.7 Å². The molecule has 2 heterocycles. The number of imidazole rings is 1. The van der Waals surface area contributed by atoms with E-state index in [1.807, 2.05) is 12.1 Å². The van der Waals surface area contributed by atoms with Crippen LogP contribution in [0, 0.1) is 13.8 Å². The average molecular weight is 258 g/mol. The zero-order valence-corrected chi connectivity index (χ0v) is 10.9. The molecule has 4 heteroatoms. The fourth-order valence-electron chi connectivity index (χ4n) is 2.11. The Labute approximate surface area is 110 Å². The number of nitrogens with one attached hydrogen (secondary N) is 1. The number of hydrogen-bond donors (Lipinski definition) is 1. The molecule has 0 bridgehead atoms. The summed E-state index contributed by atoms with van der Waals surface area (Å²) in [6, 6.07) is 7.90. The lowest BCUT2D eigenvalue weighted by atomic mass is 10.1. The summed E-state index contributed by atoms with van der Waals surface area (Å²) in [6.07, 6.45) is 1.63. The van der Waals surface area contributed by atoms with E-state index in [9.17, 15) is 0 Å². The van der Waals surface area contributed by atoms with Crippen LogP contribution in [0.1, 0.15) is 11.1 Å². The van der Waals surface area contributed by atoms with E-state index < -0.39 is 0 Å². The highest BCUT2D eigenvalue weighted by Crippen LogP contribution is 2.23. The van der Waals surface area contributed by atoms with Gasteiger partial charge < -0.3 is 4.98 Å². The van der Waals surface area contributed by atoms with Gasteiger partial charge in [-0.2, -0.15) is 0 Å². The molecule has 2 aromatic heterocycles. The summed E-state index contributed by atoms with van der Waals surface area (Å²) in [6.45, 7) is 4.14. The maximum absolute atomic E-state index is 5.83. The number of fused-ring (bicyclic) bond motifs is 1. The van der Waals surface area contributed by atoms with E-state index in [2.05, 4.69) is 40.9 Å². The molecule has 0 unspecified atom stereocenters. The maximum atomic E-state index is 5.83. The molecule has 0 aliphatic rings. The molecular weight excluding hydrogens is 246 g/mol. The first kappa shape index (κ1) is 11.2. The molecule has 0 amide bonds. The zero-order chi connectivity index (χ0) is 12.7. The molecule has 3 nitrogen and oxygen atoms in total. The fraction of sp³-hybridized carbons (Fsp3) is 0.143. The number of aryl methyl sites for hydroxylation is 2. The SMILES string of the molecule is Cc1cc(C)c2nc(-c3ccc(Cl)cn3)[nH]c2c1. The first-order chi connectivity index (χ1) is 8.63. The van der Waals surface area contributed by atoms with E-state index in [1.165, 1.54) is 11.1 Å². The smallest absolute Gasteiger partial charge is 0.157 e. The molecule has 0 fully saturated rings. The van der Waals surface area contributed by atoms with Crippen LogP contribution >= 0.6 is 11.6 Å². The number of nitrogens with zero attached hydrogens (tertiary/aromatic N) is 2. The van der Waals surface area contributed by atoms with Gasteiger partial charge >= 0.3 is 0 Å². The van der Waals surface area contributed by atoms with Crippen molar-refractivity contribution in [3.8, 4) is 11.5 Å². The van der Waals surface area contributed by atoms with Crippen LogP contribution in [0.4, 0.5) is 0 Å². The molecule has 0 aliphatic carbocycles. The van der Waals surface area contributed by atoms with Gasteiger partial charge in [-0.05, 0) is 43.2 Å². The van der Waals surface area contributed by atoms with Crippen molar-refractivity contribution >= 4 is 22.6 Å². The molecule has 0 spiro atoms. The minimum absolute atomic E-state index is 0.627. The number of halogens is 1. The molecule has 1 aromatic carbocycles. The molecule has 90 valence electrons. The monoisotopic (exact) mass is 257 g/mol. The second kappa shape index (κ2) is 4.10. The summed E-state index contributed by atoms with van der Waals surface area (Å²) in [5.74, 6) is 0.773. The van der Waals surface area contributed by atoms with Crippen LogP contribution in [-0.2, 0) is 0 Å². The summed E-state index contributed by atoms with van der Waals surface area (Å²) in [4.78, 5) is 12.2. The molecule has 0 radical (unpaired) electrons. The van der Waals surface area contributed by atoms with Crippen molar-refractivity contribution in [2.75, 3.05) is 0 Å². The van der Waals surface area contributed by atoms with E-state index >= 15 is 0 Å². The van der Waals surface area contributed by atoms with Gasteiger partial charge in [-0.25, -0.2) is 4.98 Å². The molecule has 0 saturated heterocycles. The van der Waals surface area contributed by atoms with Gasteiger partial charge in [0.2, 0.25) is 0 Å². The van der Waals surface area contributed by atoms with Gasteiger partial charge in [0, 0.05) is 6.20 Å². The van der Waals surface area contributed by atoms with Crippen LogP contribution in [0.2, 0.25) is 5.02 Å². The Bertz CT molecular complexity index is 714. The van der Waals surface area contributed by atoms with E-state index in [0.29, 0.717) is 5.02 Å². The topological polar surface area (TPSA) is 41.6 Å². The Kier molecular flexibility index (Phi) is 2.56. The van der Waals surface area contributed by atoms with Crippen LogP contribution in [-0.4, -0.2) is 15.0 Å². The second-order valence-electron chi connectivity index (χ2n) is 4.43. The number of benzene rings is 1. The fourth-order valence-corrected chi connectivity index (χ4v) is 2.22. The zero-order valence-electron chi connectivity index (χ0n) is 10.2. The van der Waals surface area contributed by atoms with Gasteiger partial charge in [-0.3, -0.25) is 4.98 Å². The second-order valence-corrected chi connectivity index (χ2v) is 4.86. The molecule has 18 heavy (non-hydrogen) atoms. The third-order valence-electron chi connectivity index (χ3n) is 2.89. The highest BCUT2D eigenvalue weighted by molar-refractivity contribution is 6.30. The first-order valence-electron chi connectivity index (χ1n) is 5.72. The van der Waals surface area contributed by atoms with Crippen LogP contribution in [0.5, 0.6) is 0 Å². The Morgan fingerprint density at radius 2 is 2.00 bits per heavy atom. The highest BCUT2D eigenvalue weighted by atomic mass is 35.5. The minimum Gasteiger partial charge on any atom is -0.337 e. The van der Waals surface area contributed by atoms with Crippen molar-refractivity contribution in [3.05, 3.63) is 46.6 Å². The highest BCUT2D eigenvalue weighted by Gasteiger charge is 2.08. The first-order valence-corrected chi connectivity index (χ1v) is 6.10. The molecule has 0 aliphatic heterocycles. The Balaban J connectivity index is 2.19. The number of rotatable bonds is 1. The van der Waals surface area contributed by atoms with Crippen molar-refractivity contribution in [2.24, 2.45) is 0 Å². The Morgan fingerprint density at radius 3 is 2.72 bits per heavy atom. The van der Waals surface area contributed by atoms with Crippen molar-refractivity contribution in [3.63, 3.8) is 0 Å². The van der Waals surface area contributed by atoms with Crippen LogP contribution < -0.4 is 0 Å². The Morgan fingerprint density at radius 1 is 1.17 bits per heavy atom. The van der Waals surface area contributed by atoms with Crippen LogP contribution in [0.3, 0.4) is 0 Å². The number of pyridine rings is 1. The summed E-state index contributed by atoms with van der Waals surface area (Å²) >= 11 is 5.83. The van der Waals surface area contributed by atoms with E-state index in [-0.39, 0.29) is 0 Å². The van der Waals surface area contributed by atoms with Gasteiger partial charge in [0.25, 0.3) is 0 Å². The van der Waals surface area contributed by atoms with E-state index in [1.54, 1.807) is 6.20 Å². The summed E-state index contributed by atoms with van der Waals surface area (Å²) in [5, 5.41) is 0.627. The lowest BCUT2D eigenvalue weighted by molar-refractivity contribution is 1.24. The van der Waals surface area contributed by atoms with Crippen molar-refractivity contribution < 1.29 is 0 Å². The lowest BCUT2D eigenvalue weighted by Crippen LogP contribution is -1.84. The molecule has 1 N–H and O–H groups in total. The van der Waals surface area contributed by atoms with Gasteiger partial charge in [0.05, 0.1) is 16.1 Å². The predicted octanol–water partition coefficient (Wildman–Crippen LogP) is 3.90. The van der Waals surface area contributed by atoms with E-state index in [0.717, 1.165) is 22.6 Å². The third-order valence-corrected chi connectivity index (χ3v) is 3.12. The van der Waals surface area contributed by atoms with Crippen molar-refractivity contribution in [1.29, 1.82) is 0 Å². The molecule has 3 rings (SSSR count). The number of aromatic nitrogens is 3. The van der Waals surface area contributed by atoms with Crippen LogP contribution in [0.15, 0.2) is 30.5 Å². The quantitative estimate of drug-likeness (QED) is 0.718. The lowest BCUT2D eigenvalue weighted by Gasteiger charge is -1.96. The predicted molar refractivity (Wildman–Crippen MR) is 73.8 cm³/mol. The number of aromatic amines is 1. The van der Waals surface area contributed by atoms with Gasteiger partial charge in [0.15, 0.2) is 5.82 Å². The van der Waals surface area contributed by atoms with Crippen molar-refractivity contribution in [2.45, 2.75) is 13.8 Å². The number of hydrogen-bond acceptors (Lipinski definition) is 2. The normalized spacial score (nSPS) is 11.1. The summed E-state index contributed by atoms with van der Waals surface area (Å²) in [7, 11) is 0.